The van der Waals surface area contributed by atoms with Crippen LogP contribution in [-0.4, -0.2) is 59.7 Å². The Morgan fingerprint density at radius 3 is 2.52 bits per heavy atom. The summed E-state index contributed by atoms with van der Waals surface area (Å²) in [6.07, 6.45) is 0. The van der Waals surface area contributed by atoms with Crippen LogP contribution in [0.5, 0.6) is 11.5 Å². The van der Waals surface area contributed by atoms with E-state index in [1.165, 1.54) is 0 Å². The Morgan fingerprint density at radius 2 is 1.88 bits per heavy atom. The molecular weight excluding hydrogens is 437 g/mol. The molecule has 25 heavy (non-hydrogen) atoms. The van der Waals surface area contributed by atoms with Crippen LogP contribution in [0.25, 0.3) is 0 Å². The van der Waals surface area contributed by atoms with Gasteiger partial charge < -0.3 is 29.6 Å². The highest BCUT2D eigenvalue weighted by Gasteiger charge is 2.06. The van der Waals surface area contributed by atoms with E-state index in [2.05, 4.69) is 15.6 Å². The minimum Gasteiger partial charge on any atom is -0.493 e. The van der Waals surface area contributed by atoms with Gasteiger partial charge in [0.15, 0.2) is 17.5 Å². The third-order valence-electron chi connectivity index (χ3n) is 3.01. The van der Waals surface area contributed by atoms with Gasteiger partial charge in [0.1, 0.15) is 0 Å². The van der Waals surface area contributed by atoms with E-state index in [9.17, 15) is 0 Å². The van der Waals surface area contributed by atoms with Crippen molar-refractivity contribution in [1.29, 1.82) is 0 Å². The number of methoxy groups -OCH3 is 2. The van der Waals surface area contributed by atoms with Crippen molar-refractivity contribution in [3.05, 3.63) is 18.2 Å². The average Bonchev–Trinajstić information content (AvgIpc) is 2.58. The molecule has 2 N–H and O–H groups in total. The molecule has 0 unspecified atom stereocenters. The molecule has 0 atom stereocenters. The van der Waals surface area contributed by atoms with Gasteiger partial charge in [-0.3, -0.25) is 4.99 Å². The van der Waals surface area contributed by atoms with Gasteiger partial charge >= 0.3 is 0 Å². The highest BCUT2D eigenvalue weighted by atomic mass is 127. The maximum Gasteiger partial charge on any atom is 0.195 e. The lowest BCUT2D eigenvalue weighted by atomic mass is 10.2. The van der Waals surface area contributed by atoms with E-state index < -0.39 is 0 Å². The van der Waals surface area contributed by atoms with E-state index in [0.29, 0.717) is 50.4 Å². The summed E-state index contributed by atoms with van der Waals surface area (Å²) < 4.78 is 21.2. The van der Waals surface area contributed by atoms with Gasteiger partial charge in [-0.15, -0.1) is 24.0 Å². The Morgan fingerprint density at radius 1 is 1.08 bits per heavy atom. The van der Waals surface area contributed by atoms with Crippen LogP contribution in [-0.2, 0) is 9.47 Å². The average molecular weight is 467 g/mol. The number of ether oxygens (including phenoxy) is 4. The monoisotopic (exact) mass is 467 g/mol. The molecule has 1 aromatic carbocycles. The zero-order chi connectivity index (χ0) is 17.6. The van der Waals surface area contributed by atoms with Crippen molar-refractivity contribution in [2.24, 2.45) is 4.99 Å². The number of anilines is 1. The molecule has 0 spiro atoms. The summed E-state index contributed by atoms with van der Waals surface area (Å²) in [5.74, 6) is 2.10. The van der Waals surface area contributed by atoms with Gasteiger partial charge in [0, 0.05) is 25.4 Å². The number of benzene rings is 1. The first-order valence-corrected chi connectivity index (χ1v) is 8.18. The molecule has 0 bridgehead atoms. The number of nitrogens with zero attached hydrogens (tertiary/aromatic N) is 1. The van der Waals surface area contributed by atoms with Crippen molar-refractivity contribution >= 4 is 35.6 Å². The number of nitrogens with one attached hydrogen (secondary N) is 2. The van der Waals surface area contributed by atoms with Gasteiger partial charge in [0.2, 0.25) is 0 Å². The largest absolute Gasteiger partial charge is 0.493 e. The fourth-order valence-electron chi connectivity index (χ4n) is 1.93. The van der Waals surface area contributed by atoms with Gasteiger partial charge in [-0.25, -0.2) is 0 Å². The molecule has 8 heteroatoms. The van der Waals surface area contributed by atoms with E-state index in [-0.39, 0.29) is 24.0 Å². The summed E-state index contributed by atoms with van der Waals surface area (Å²) >= 11 is 0. The van der Waals surface area contributed by atoms with Crippen LogP contribution in [0, 0.1) is 0 Å². The number of hydrogen-bond donors (Lipinski definition) is 2. The third kappa shape index (κ3) is 9.71. The normalized spacial score (nSPS) is 10.8. The van der Waals surface area contributed by atoms with E-state index >= 15 is 0 Å². The SMILES string of the molecule is CCNC(=NCCOCCOC)Nc1ccc(OC)c(OCC)c1.I. The summed E-state index contributed by atoms with van der Waals surface area (Å²) in [7, 11) is 3.28. The van der Waals surface area contributed by atoms with Crippen molar-refractivity contribution in [3.8, 4) is 11.5 Å². The molecule has 0 aliphatic heterocycles. The van der Waals surface area contributed by atoms with E-state index in [1.807, 2.05) is 32.0 Å². The maximum absolute atomic E-state index is 5.59. The van der Waals surface area contributed by atoms with Crippen LogP contribution in [0.3, 0.4) is 0 Å². The fraction of sp³-hybridized carbons (Fsp3) is 0.588. The van der Waals surface area contributed by atoms with Crippen molar-refractivity contribution in [2.45, 2.75) is 13.8 Å². The van der Waals surface area contributed by atoms with Crippen molar-refractivity contribution < 1.29 is 18.9 Å². The first kappa shape index (κ1) is 23.7. The Hall–Kier alpha value is -1.26. The van der Waals surface area contributed by atoms with Crippen molar-refractivity contribution in [2.75, 3.05) is 59.1 Å². The summed E-state index contributed by atoms with van der Waals surface area (Å²) in [6.45, 7) is 7.58. The van der Waals surface area contributed by atoms with Crippen LogP contribution in [0.2, 0.25) is 0 Å². The lowest BCUT2D eigenvalue weighted by Gasteiger charge is -2.14. The molecule has 7 nitrogen and oxygen atoms in total. The van der Waals surface area contributed by atoms with Gasteiger partial charge in [0.25, 0.3) is 0 Å². The molecule has 1 aromatic rings. The van der Waals surface area contributed by atoms with Crippen LogP contribution in [0.15, 0.2) is 23.2 Å². The Kier molecular flexibility index (Phi) is 14.3. The minimum atomic E-state index is 0. The summed E-state index contributed by atoms with van der Waals surface area (Å²) in [6, 6.07) is 5.68. The lowest BCUT2D eigenvalue weighted by Crippen LogP contribution is -2.31. The standard InChI is InChI=1S/C17H29N3O4.HI/c1-5-18-17(19-9-10-23-12-11-21-3)20-14-7-8-15(22-4)16(13-14)24-6-2;/h7-8,13H,5-6,9-12H2,1-4H3,(H2,18,19,20);1H. The first-order chi connectivity index (χ1) is 11.7. The molecule has 0 aliphatic rings. The molecule has 0 fully saturated rings. The second-order valence-electron chi connectivity index (χ2n) is 4.79. The number of guanidine groups is 1. The predicted octanol–water partition coefficient (Wildman–Crippen LogP) is 2.75. The molecule has 0 aliphatic carbocycles. The van der Waals surface area contributed by atoms with Gasteiger partial charge in [0.05, 0.1) is 40.1 Å². The quantitative estimate of drug-likeness (QED) is 0.226. The highest BCUT2D eigenvalue weighted by Crippen LogP contribution is 2.30. The zero-order valence-corrected chi connectivity index (χ0v) is 17.8. The molecular formula is C17H30IN3O4. The summed E-state index contributed by atoms with van der Waals surface area (Å²) in [4.78, 5) is 4.48. The van der Waals surface area contributed by atoms with Gasteiger partial charge in [-0.05, 0) is 26.0 Å². The first-order valence-electron chi connectivity index (χ1n) is 8.18. The maximum atomic E-state index is 5.59. The molecule has 0 saturated heterocycles. The number of rotatable bonds is 11. The number of halogens is 1. The summed E-state index contributed by atoms with van der Waals surface area (Å²) in [5, 5.41) is 6.46. The van der Waals surface area contributed by atoms with Gasteiger partial charge in [-0.1, -0.05) is 0 Å². The van der Waals surface area contributed by atoms with Gasteiger partial charge in [-0.2, -0.15) is 0 Å². The molecule has 144 valence electrons. The molecule has 0 heterocycles. The smallest absolute Gasteiger partial charge is 0.195 e. The second kappa shape index (κ2) is 15.0. The Labute approximate surface area is 167 Å². The lowest BCUT2D eigenvalue weighted by molar-refractivity contribution is 0.0748. The third-order valence-corrected chi connectivity index (χ3v) is 3.01. The van der Waals surface area contributed by atoms with Crippen molar-refractivity contribution in [3.63, 3.8) is 0 Å². The molecule has 0 radical (unpaired) electrons. The fourth-order valence-corrected chi connectivity index (χ4v) is 1.93. The Bertz CT molecular complexity index is 501. The topological polar surface area (TPSA) is 73.3 Å². The summed E-state index contributed by atoms with van der Waals surface area (Å²) in [5.41, 5.74) is 0.874. The molecule has 0 amide bonds. The molecule has 1 rings (SSSR count). The number of aliphatic imine (C=N–C) groups is 1. The second-order valence-corrected chi connectivity index (χ2v) is 4.79. The van der Waals surface area contributed by atoms with Crippen LogP contribution >= 0.6 is 24.0 Å². The predicted molar refractivity (Wildman–Crippen MR) is 112 cm³/mol. The van der Waals surface area contributed by atoms with Crippen LogP contribution in [0.1, 0.15) is 13.8 Å². The van der Waals surface area contributed by atoms with E-state index in [1.54, 1.807) is 14.2 Å². The van der Waals surface area contributed by atoms with Crippen LogP contribution < -0.4 is 20.1 Å². The van der Waals surface area contributed by atoms with Crippen molar-refractivity contribution in [1.82, 2.24) is 5.32 Å². The zero-order valence-electron chi connectivity index (χ0n) is 15.5. The minimum absolute atomic E-state index is 0. The van der Waals surface area contributed by atoms with Crippen LogP contribution in [0.4, 0.5) is 5.69 Å². The molecule has 0 saturated carbocycles. The van der Waals surface area contributed by atoms with E-state index in [4.69, 9.17) is 18.9 Å². The highest BCUT2D eigenvalue weighted by molar-refractivity contribution is 14.0. The molecule has 0 aromatic heterocycles. The number of hydrogen-bond acceptors (Lipinski definition) is 5. The van der Waals surface area contributed by atoms with E-state index in [0.717, 1.165) is 12.2 Å². The Balaban J connectivity index is 0.00000576.